The normalized spacial score (nSPS) is 12.5. The van der Waals surface area contributed by atoms with Gasteiger partial charge in [0.2, 0.25) is 5.91 Å². The average molecular weight is 357 g/mol. The van der Waals surface area contributed by atoms with Crippen molar-refractivity contribution in [1.82, 2.24) is 14.7 Å². The van der Waals surface area contributed by atoms with Gasteiger partial charge in [-0.1, -0.05) is 36.4 Å². The van der Waals surface area contributed by atoms with Gasteiger partial charge in [-0.25, -0.2) is 4.39 Å². The molecule has 0 radical (unpaired) electrons. The molecule has 4 nitrogen and oxygen atoms in total. The number of amides is 1. The van der Waals surface area contributed by atoms with E-state index in [0.29, 0.717) is 12.1 Å². The van der Waals surface area contributed by atoms with E-state index in [1.54, 1.807) is 24.1 Å². The Morgan fingerprint density at radius 2 is 1.54 bits per heavy atom. The van der Waals surface area contributed by atoms with Gasteiger partial charge in [-0.05, 0) is 57.0 Å². The maximum absolute atomic E-state index is 13.6. The lowest BCUT2D eigenvalue weighted by Crippen LogP contribution is -2.38. The third-order valence-electron chi connectivity index (χ3n) is 4.20. The Morgan fingerprint density at radius 3 is 2.12 bits per heavy atom. The van der Waals surface area contributed by atoms with Gasteiger partial charge in [0, 0.05) is 20.1 Å². The Hall–Kier alpha value is -2.24. The predicted octanol–water partition coefficient (Wildman–Crippen LogP) is 3.15. The highest BCUT2D eigenvalue weighted by Gasteiger charge is 2.26. The lowest BCUT2D eigenvalue weighted by atomic mass is 10.0. The molecular weight excluding hydrogens is 329 g/mol. The monoisotopic (exact) mass is 357 g/mol. The number of hydrogen-bond acceptors (Lipinski definition) is 3. The number of benzene rings is 2. The van der Waals surface area contributed by atoms with E-state index in [0.717, 1.165) is 12.1 Å². The first kappa shape index (κ1) is 20.1. The van der Waals surface area contributed by atoms with Crippen LogP contribution >= 0.6 is 0 Å². The van der Waals surface area contributed by atoms with Crippen LogP contribution in [0.1, 0.15) is 22.7 Å². The van der Waals surface area contributed by atoms with Crippen molar-refractivity contribution in [3.05, 3.63) is 71.0 Å². The third-order valence-corrected chi connectivity index (χ3v) is 4.20. The van der Waals surface area contributed by atoms with E-state index in [1.807, 2.05) is 45.2 Å². The number of carbonyl (C=O) groups is 1. The molecular formula is C21H28FN3O. The Balaban J connectivity index is 2.16. The van der Waals surface area contributed by atoms with Gasteiger partial charge in [0.05, 0.1) is 0 Å². The third kappa shape index (κ3) is 5.38. The average Bonchev–Trinajstić information content (AvgIpc) is 2.54. The minimum absolute atomic E-state index is 0.0568. The Labute approximate surface area is 155 Å². The molecule has 26 heavy (non-hydrogen) atoms. The van der Waals surface area contributed by atoms with Gasteiger partial charge in [0.15, 0.2) is 0 Å². The summed E-state index contributed by atoms with van der Waals surface area (Å²) in [5, 5.41) is 0. The van der Waals surface area contributed by atoms with Crippen molar-refractivity contribution in [3.8, 4) is 0 Å². The maximum atomic E-state index is 13.6. The smallest absolute Gasteiger partial charge is 0.244 e. The van der Waals surface area contributed by atoms with E-state index < -0.39 is 6.04 Å². The second-order valence-electron chi connectivity index (χ2n) is 7.17. The van der Waals surface area contributed by atoms with Crippen molar-refractivity contribution in [1.29, 1.82) is 0 Å². The topological polar surface area (TPSA) is 26.8 Å². The summed E-state index contributed by atoms with van der Waals surface area (Å²) in [6.45, 7) is 1.37. The second kappa shape index (κ2) is 8.92. The highest BCUT2D eigenvalue weighted by molar-refractivity contribution is 5.83. The van der Waals surface area contributed by atoms with E-state index >= 15 is 0 Å². The molecule has 0 aromatic heterocycles. The summed E-state index contributed by atoms with van der Waals surface area (Å²) in [5.41, 5.74) is 2.95. The Morgan fingerprint density at radius 1 is 0.923 bits per heavy atom. The molecule has 1 amide bonds. The lowest BCUT2D eigenvalue weighted by Gasteiger charge is -2.29. The van der Waals surface area contributed by atoms with Crippen molar-refractivity contribution in [2.75, 3.05) is 35.2 Å². The molecule has 140 valence electrons. The highest BCUT2D eigenvalue weighted by atomic mass is 19.1. The zero-order chi connectivity index (χ0) is 19.3. The molecule has 5 heteroatoms. The number of halogens is 1. The van der Waals surface area contributed by atoms with Gasteiger partial charge in [0.25, 0.3) is 0 Å². The molecule has 0 spiro atoms. The van der Waals surface area contributed by atoms with Crippen molar-refractivity contribution < 1.29 is 9.18 Å². The number of rotatable bonds is 7. The molecule has 0 aliphatic carbocycles. The molecule has 2 aromatic rings. The molecule has 2 rings (SSSR count). The zero-order valence-corrected chi connectivity index (χ0v) is 16.2. The number of likely N-dealkylation sites (N-methyl/N-ethyl adjacent to an activating group) is 2. The summed E-state index contributed by atoms with van der Waals surface area (Å²) in [6.07, 6.45) is 0. The number of nitrogens with zero attached hydrogens (tertiary/aromatic N) is 3. The quantitative estimate of drug-likeness (QED) is 0.762. The molecule has 0 unspecified atom stereocenters. The summed E-state index contributed by atoms with van der Waals surface area (Å²) in [4.78, 5) is 18.6. The first-order valence-corrected chi connectivity index (χ1v) is 8.67. The molecule has 0 fully saturated rings. The van der Waals surface area contributed by atoms with Gasteiger partial charge in [-0.2, -0.15) is 0 Å². The Bertz CT molecular complexity index is 746. The Kier molecular flexibility index (Phi) is 6.89. The van der Waals surface area contributed by atoms with Gasteiger partial charge in [0.1, 0.15) is 11.9 Å². The van der Waals surface area contributed by atoms with Crippen LogP contribution in [0, 0.1) is 5.82 Å². The summed E-state index contributed by atoms with van der Waals surface area (Å²) in [6, 6.07) is 14.0. The molecule has 0 heterocycles. The maximum Gasteiger partial charge on any atom is 0.244 e. The van der Waals surface area contributed by atoms with Crippen LogP contribution in [-0.2, 0) is 17.9 Å². The number of hydrogen-bond donors (Lipinski definition) is 0. The fourth-order valence-corrected chi connectivity index (χ4v) is 3.09. The van der Waals surface area contributed by atoms with Crippen LogP contribution in [0.25, 0.3) is 0 Å². The van der Waals surface area contributed by atoms with Crippen LogP contribution in [0.15, 0.2) is 48.5 Å². The van der Waals surface area contributed by atoms with Gasteiger partial charge >= 0.3 is 0 Å². The molecule has 0 bridgehead atoms. The van der Waals surface area contributed by atoms with Crippen LogP contribution < -0.4 is 0 Å². The molecule has 2 aromatic carbocycles. The lowest BCUT2D eigenvalue weighted by molar-refractivity contribution is -0.135. The first-order valence-electron chi connectivity index (χ1n) is 8.67. The first-order chi connectivity index (χ1) is 12.3. The van der Waals surface area contributed by atoms with Crippen LogP contribution in [-0.4, -0.2) is 55.8 Å². The predicted molar refractivity (Wildman–Crippen MR) is 103 cm³/mol. The summed E-state index contributed by atoms with van der Waals surface area (Å²) in [7, 11) is 9.51. The van der Waals surface area contributed by atoms with Crippen LogP contribution in [0.5, 0.6) is 0 Å². The van der Waals surface area contributed by atoms with Crippen molar-refractivity contribution >= 4 is 5.91 Å². The number of carbonyl (C=O) groups excluding carboxylic acids is 1. The molecule has 0 N–H and O–H groups in total. The van der Waals surface area contributed by atoms with Crippen LogP contribution in [0.4, 0.5) is 4.39 Å². The fraction of sp³-hybridized carbons (Fsp3) is 0.381. The van der Waals surface area contributed by atoms with E-state index in [1.165, 1.54) is 17.7 Å². The standard InChI is InChI=1S/C21H28FN3O/c1-23(2)14-16-8-6-9-17(12-16)15-25(5)21(26)20(24(3)4)18-10-7-11-19(22)13-18/h6-13,20H,14-15H2,1-5H3/t20-/m1/s1. The summed E-state index contributed by atoms with van der Waals surface area (Å²) in [5.74, 6) is -0.389. The van der Waals surface area contributed by atoms with Crippen LogP contribution in [0.2, 0.25) is 0 Å². The van der Waals surface area contributed by atoms with Crippen LogP contribution in [0.3, 0.4) is 0 Å². The van der Waals surface area contributed by atoms with Crippen molar-refractivity contribution in [2.24, 2.45) is 0 Å². The van der Waals surface area contributed by atoms with E-state index in [-0.39, 0.29) is 11.7 Å². The van der Waals surface area contributed by atoms with E-state index in [4.69, 9.17) is 0 Å². The fourth-order valence-electron chi connectivity index (χ4n) is 3.09. The SMILES string of the molecule is CN(C)Cc1cccc(CN(C)C(=O)[C@@H](c2cccc(F)c2)N(C)C)c1. The second-order valence-corrected chi connectivity index (χ2v) is 7.17. The van der Waals surface area contributed by atoms with Crippen molar-refractivity contribution in [3.63, 3.8) is 0 Å². The minimum Gasteiger partial charge on any atom is -0.340 e. The summed E-state index contributed by atoms with van der Waals surface area (Å²) >= 11 is 0. The van der Waals surface area contributed by atoms with Gasteiger partial charge in [-0.3, -0.25) is 9.69 Å². The van der Waals surface area contributed by atoms with Crippen molar-refractivity contribution in [2.45, 2.75) is 19.1 Å². The molecule has 1 atom stereocenters. The zero-order valence-electron chi connectivity index (χ0n) is 16.2. The summed E-state index contributed by atoms with van der Waals surface area (Å²) < 4.78 is 13.6. The molecule has 0 saturated carbocycles. The molecule has 0 aliphatic heterocycles. The minimum atomic E-state index is -0.513. The van der Waals surface area contributed by atoms with Gasteiger partial charge in [-0.15, -0.1) is 0 Å². The van der Waals surface area contributed by atoms with E-state index in [9.17, 15) is 9.18 Å². The van der Waals surface area contributed by atoms with Gasteiger partial charge < -0.3 is 9.80 Å². The highest BCUT2D eigenvalue weighted by Crippen LogP contribution is 2.22. The molecule has 0 aliphatic rings. The molecule has 0 saturated heterocycles. The van der Waals surface area contributed by atoms with E-state index in [2.05, 4.69) is 17.0 Å². The largest absolute Gasteiger partial charge is 0.340 e.